The maximum Gasteiger partial charge on any atom is 0.125 e. The largest absolute Gasteiger partial charge is 0.507 e. The molecule has 0 spiro atoms. The van der Waals surface area contributed by atoms with Crippen LogP contribution in [0.1, 0.15) is 5.56 Å². The molecule has 0 amide bonds. The Balaban J connectivity index is 2.07. The van der Waals surface area contributed by atoms with Gasteiger partial charge in [-0.1, -0.05) is 18.2 Å². The number of rotatable bonds is 2. The summed E-state index contributed by atoms with van der Waals surface area (Å²) in [6.45, 7) is 0. The molecule has 0 atom stereocenters. The molecule has 4 heteroatoms. The molecule has 1 heterocycles. The minimum atomic E-state index is 0.198. The van der Waals surface area contributed by atoms with Crippen molar-refractivity contribution in [3.63, 3.8) is 0 Å². The molecule has 0 saturated carbocycles. The zero-order valence-electron chi connectivity index (χ0n) is 9.54. The fourth-order valence-corrected chi connectivity index (χ4v) is 1.82. The monoisotopic (exact) mass is 237 g/mol. The number of hydrogen-bond donors (Lipinski definition) is 2. The van der Waals surface area contributed by atoms with Gasteiger partial charge < -0.3 is 5.11 Å². The molecule has 0 saturated heterocycles. The van der Waals surface area contributed by atoms with E-state index in [-0.39, 0.29) is 5.75 Å². The first kappa shape index (κ1) is 10.5. The van der Waals surface area contributed by atoms with Crippen molar-refractivity contribution >= 4 is 22.8 Å². The van der Waals surface area contributed by atoms with Gasteiger partial charge in [0.05, 0.1) is 17.4 Å². The van der Waals surface area contributed by atoms with Gasteiger partial charge in [0.15, 0.2) is 0 Å². The van der Waals surface area contributed by atoms with Crippen LogP contribution in [0.2, 0.25) is 0 Å². The molecule has 2 N–H and O–H groups in total. The molecule has 88 valence electrons. The molecule has 0 aliphatic carbocycles. The van der Waals surface area contributed by atoms with E-state index in [4.69, 9.17) is 0 Å². The third-order valence-corrected chi connectivity index (χ3v) is 2.74. The van der Waals surface area contributed by atoms with Crippen LogP contribution in [-0.4, -0.2) is 21.5 Å². The van der Waals surface area contributed by atoms with Gasteiger partial charge in [0.1, 0.15) is 5.75 Å². The lowest BCUT2D eigenvalue weighted by Crippen LogP contribution is -1.83. The predicted octanol–water partition coefficient (Wildman–Crippen LogP) is 3.02. The molecule has 3 aromatic rings. The molecule has 3 rings (SSSR count). The number of aromatic nitrogens is 2. The van der Waals surface area contributed by atoms with Crippen LogP contribution in [0.5, 0.6) is 5.75 Å². The Hall–Kier alpha value is -2.62. The van der Waals surface area contributed by atoms with Crippen LogP contribution in [0, 0.1) is 0 Å². The van der Waals surface area contributed by atoms with E-state index in [9.17, 15) is 5.11 Å². The Kier molecular flexibility index (Phi) is 2.53. The topological polar surface area (TPSA) is 61.3 Å². The van der Waals surface area contributed by atoms with Crippen LogP contribution < -0.4 is 0 Å². The highest BCUT2D eigenvalue weighted by molar-refractivity contribution is 6.01. The van der Waals surface area contributed by atoms with Gasteiger partial charge >= 0.3 is 0 Å². The van der Waals surface area contributed by atoms with Gasteiger partial charge in [-0.05, 0) is 24.3 Å². The molecule has 2 aromatic carbocycles. The number of phenolic OH excluding ortho intramolecular Hbond substituents is 1. The Morgan fingerprint density at radius 1 is 1.11 bits per heavy atom. The van der Waals surface area contributed by atoms with Gasteiger partial charge in [0.25, 0.3) is 0 Å². The molecule has 0 fully saturated rings. The number of benzene rings is 2. The average molecular weight is 237 g/mol. The number of nitrogens with zero attached hydrogens (tertiary/aromatic N) is 2. The van der Waals surface area contributed by atoms with E-state index in [0.29, 0.717) is 5.56 Å². The number of para-hydroxylation sites is 1. The van der Waals surface area contributed by atoms with Crippen molar-refractivity contribution < 1.29 is 5.11 Å². The van der Waals surface area contributed by atoms with Gasteiger partial charge in [-0.25, -0.2) is 0 Å². The fourth-order valence-electron chi connectivity index (χ4n) is 1.82. The molecule has 0 radical (unpaired) electrons. The molecule has 0 unspecified atom stereocenters. The minimum Gasteiger partial charge on any atom is -0.507 e. The van der Waals surface area contributed by atoms with E-state index in [1.807, 2.05) is 30.3 Å². The highest BCUT2D eigenvalue weighted by Crippen LogP contribution is 2.24. The summed E-state index contributed by atoms with van der Waals surface area (Å²) in [7, 11) is 0. The van der Waals surface area contributed by atoms with Gasteiger partial charge in [0, 0.05) is 17.2 Å². The molecule has 0 bridgehead atoms. The normalized spacial score (nSPS) is 11.3. The van der Waals surface area contributed by atoms with E-state index in [1.165, 1.54) is 0 Å². The van der Waals surface area contributed by atoms with Crippen molar-refractivity contribution in [1.29, 1.82) is 0 Å². The maximum atomic E-state index is 9.87. The summed E-state index contributed by atoms with van der Waals surface area (Å²) >= 11 is 0. The maximum absolute atomic E-state index is 9.87. The summed E-state index contributed by atoms with van der Waals surface area (Å²) in [6, 6.07) is 13.0. The average Bonchev–Trinajstić information content (AvgIpc) is 2.87. The second-order valence-corrected chi connectivity index (χ2v) is 3.92. The third kappa shape index (κ3) is 1.84. The Morgan fingerprint density at radius 2 is 1.94 bits per heavy atom. The molecular formula is C14H11N3O. The van der Waals surface area contributed by atoms with Crippen LogP contribution >= 0.6 is 0 Å². The number of fused-ring (bicyclic) bond motifs is 1. The summed E-state index contributed by atoms with van der Waals surface area (Å²) in [4.78, 5) is 4.34. The smallest absolute Gasteiger partial charge is 0.125 e. The van der Waals surface area contributed by atoms with Crippen LogP contribution in [0.25, 0.3) is 10.9 Å². The summed E-state index contributed by atoms with van der Waals surface area (Å²) in [5, 5.41) is 17.6. The van der Waals surface area contributed by atoms with E-state index >= 15 is 0 Å². The van der Waals surface area contributed by atoms with E-state index < -0.39 is 0 Å². The minimum absolute atomic E-state index is 0.198. The van der Waals surface area contributed by atoms with Crippen LogP contribution in [0.4, 0.5) is 5.69 Å². The van der Waals surface area contributed by atoms with Gasteiger partial charge in [-0.2, -0.15) is 5.10 Å². The van der Waals surface area contributed by atoms with Crippen LogP contribution in [0.3, 0.4) is 0 Å². The standard InChI is InChI=1S/C14H11N3O/c18-14-7-6-13-11(9-16-17-13)12(14)8-15-10-4-2-1-3-5-10/h1-9,18H,(H,16,17). The number of aromatic amines is 1. The summed E-state index contributed by atoms with van der Waals surface area (Å²) in [5.74, 6) is 0.198. The highest BCUT2D eigenvalue weighted by atomic mass is 16.3. The Morgan fingerprint density at radius 3 is 2.78 bits per heavy atom. The van der Waals surface area contributed by atoms with Crippen molar-refractivity contribution in [3.8, 4) is 5.75 Å². The second-order valence-electron chi connectivity index (χ2n) is 3.92. The van der Waals surface area contributed by atoms with Gasteiger partial charge in [0.2, 0.25) is 0 Å². The van der Waals surface area contributed by atoms with Crippen molar-refractivity contribution in [2.24, 2.45) is 4.99 Å². The molecule has 1 aromatic heterocycles. The van der Waals surface area contributed by atoms with Crippen molar-refractivity contribution in [3.05, 3.63) is 54.2 Å². The quantitative estimate of drug-likeness (QED) is 0.673. The first-order valence-electron chi connectivity index (χ1n) is 5.59. The summed E-state index contributed by atoms with van der Waals surface area (Å²) in [5.41, 5.74) is 2.39. The second kappa shape index (κ2) is 4.33. The Bertz CT molecular complexity index is 701. The molecule has 0 aliphatic heterocycles. The van der Waals surface area contributed by atoms with E-state index in [1.54, 1.807) is 24.5 Å². The van der Waals surface area contributed by atoms with Crippen LogP contribution in [-0.2, 0) is 0 Å². The predicted molar refractivity (Wildman–Crippen MR) is 71.5 cm³/mol. The zero-order chi connectivity index (χ0) is 12.4. The lowest BCUT2D eigenvalue weighted by atomic mass is 10.1. The number of aromatic hydroxyl groups is 1. The zero-order valence-corrected chi connectivity index (χ0v) is 9.54. The number of hydrogen-bond acceptors (Lipinski definition) is 3. The lowest BCUT2D eigenvalue weighted by molar-refractivity contribution is 0.475. The van der Waals surface area contributed by atoms with Crippen molar-refractivity contribution in [2.75, 3.05) is 0 Å². The summed E-state index contributed by atoms with van der Waals surface area (Å²) < 4.78 is 0. The summed E-state index contributed by atoms with van der Waals surface area (Å²) in [6.07, 6.45) is 3.34. The number of aliphatic imine (C=N–C) groups is 1. The molecule has 18 heavy (non-hydrogen) atoms. The van der Waals surface area contributed by atoms with Gasteiger partial charge in [-0.3, -0.25) is 10.1 Å². The van der Waals surface area contributed by atoms with Crippen molar-refractivity contribution in [2.45, 2.75) is 0 Å². The van der Waals surface area contributed by atoms with Crippen molar-refractivity contribution in [1.82, 2.24) is 10.2 Å². The van der Waals surface area contributed by atoms with Gasteiger partial charge in [-0.15, -0.1) is 0 Å². The third-order valence-electron chi connectivity index (χ3n) is 2.74. The molecular weight excluding hydrogens is 226 g/mol. The Labute approximate surface area is 104 Å². The molecule has 4 nitrogen and oxygen atoms in total. The lowest BCUT2D eigenvalue weighted by Gasteiger charge is -2.00. The SMILES string of the molecule is Oc1ccc2[nH]ncc2c1C=Nc1ccccc1. The first-order valence-corrected chi connectivity index (χ1v) is 5.59. The van der Waals surface area contributed by atoms with E-state index in [2.05, 4.69) is 15.2 Å². The van der Waals surface area contributed by atoms with E-state index in [0.717, 1.165) is 16.6 Å². The number of nitrogens with one attached hydrogen (secondary N) is 1. The first-order chi connectivity index (χ1) is 8.84. The van der Waals surface area contributed by atoms with Crippen LogP contribution in [0.15, 0.2) is 53.7 Å². The molecule has 0 aliphatic rings. The number of H-pyrrole nitrogens is 1. The fraction of sp³-hybridized carbons (Fsp3) is 0. The number of phenols is 1. The highest BCUT2D eigenvalue weighted by Gasteiger charge is 2.05.